The van der Waals surface area contributed by atoms with Gasteiger partial charge in [-0.05, 0) is 49.3 Å². The van der Waals surface area contributed by atoms with E-state index in [1.54, 1.807) is 11.3 Å². The van der Waals surface area contributed by atoms with Gasteiger partial charge in [0.2, 0.25) is 0 Å². The molecule has 1 unspecified atom stereocenters. The average molecular weight is 285 g/mol. The number of benzene rings is 1. The Morgan fingerprint density at radius 3 is 2.60 bits per heavy atom. The molecule has 0 spiro atoms. The molecule has 3 nitrogen and oxygen atoms in total. The lowest BCUT2D eigenvalue weighted by Gasteiger charge is -2.25. The molecule has 2 fully saturated rings. The highest BCUT2D eigenvalue weighted by atomic mass is 32.1. The summed E-state index contributed by atoms with van der Waals surface area (Å²) < 4.78 is 0. The Kier molecular flexibility index (Phi) is 2.91. The minimum absolute atomic E-state index is 0.398. The second kappa shape index (κ2) is 4.77. The summed E-state index contributed by atoms with van der Waals surface area (Å²) in [4.78, 5) is 6.96. The normalized spacial score (nSPS) is 22.4. The van der Waals surface area contributed by atoms with E-state index in [0.29, 0.717) is 11.2 Å². The van der Waals surface area contributed by atoms with Crippen molar-refractivity contribution in [2.24, 2.45) is 0 Å². The summed E-state index contributed by atoms with van der Waals surface area (Å²) in [6.07, 6.45) is 5.13. The van der Waals surface area contributed by atoms with Crippen LogP contribution in [0.15, 0.2) is 29.6 Å². The Balaban J connectivity index is 1.59. The molecular formula is C16H19N3S. The SMILES string of the molecule is Nc1nc(C2CCCN2c2ccc(C3CC3)cc2)cs1. The van der Waals surface area contributed by atoms with Crippen molar-refractivity contribution in [3.05, 3.63) is 40.9 Å². The first-order valence-corrected chi connectivity index (χ1v) is 8.27. The third-order valence-electron chi connectivity index (χ3n) is 4.41. The number of rotatable bonds is 3. The molecule has 0 bridgehead atoms. The molecule has 0 amide bonds. The monoisotopic (exact) mass is 285 g/mol. The number of thiazole rings is 1. The van der Waals surface area contributed by atoms with Gasteiger partial charge in [-0.15, -0.1) is 11.3 Å². The fourth-order valence-electron chi connectivity index (χ4n) is 3.19. The molecule has 1 atom stereocenters. The van der Waals surface area contributed by atoms with E-state index in [1.165, 1.54) is 36.9 Å². The van der Waals surface area contributed by atoms with Gasteiger partial charge in [0.15, 0.2) is 5.13 Å². The van der Waals surface area contributed by atoms with Gasteiger partial charge in [-0.2, -0.15) is 0 Å². The number of aromatic nitrogens is 1. The van der Waals surface area contributed by atoms with E-state index in [-0.39, 0.29) is 0 Å². The quantitative estimate of drug-likeness (QED) is 0.928. The number of nitrogens with zero attached hydrogens (tertiary/aromatic N) is 2. The first kappa shape index (κ1) is 12.2. The second-order valence-electron chi connectivity index (χ2n) is 5.83. The Hall–Kier alpha value is -1.55. The van der Waals surface area contributed by atoms with Gasteiger partial charge in [-0.1, -0.05) is 12.1 Å². The molecule has 1 saturated carbocycles. The van der Waals surface area contributed by atoms with Gasteiger partial charge in [-0.25, -0.2) is 4.98 Å². The van der Waals surface area contributed by atoms with Gasteiger partial charge in [0, 0.05) is 17.6 Å². The minimum atomic E-state index is 0.398. The molecule has 0 radical (unpaired) electrons. The second-order valence-corrected chi connectivity index (χ2v) is 6.72. The van der Waals surface area contributed by atoms with Gasteiger partial charge in [0.25, 0.3) is 0 Å². The first-order chi connectivity index (χ1) is 9.81. The molecule has 104 valence electrons. The lowest BCUT2D eigenvalue weighted by atomic mass is 10.1. The number of anilines is 2. The molecule has 4 heteroatoms. The van der Waals surface area contributed by atoms with Crippen LogP contribution in [0.4, 0.5) is 10.8 Å². The van der Waals surface area contributed by atoms with Crippen LogP contribution < -0.4 is 10.6 Å². The fraction of sp³-hybridized carbons (Fsp3) is 0.438. The summed E-state index contributed by atoms with van der Waals surface area (Å²) in [7, 11) is 0. The topological polar surface area (TPSA) is 42.1 Å². The summed E-state index contributed by atoms with van der Waals surface area (Å²) in [5.74, 6) is 0.830. The average Bonchev–Trinajstić information content (AvgIpc) is 3.05. The van der Waals surface area contributed by atoms with Gasteiger partial charge in [-0.3, -0.25) is 0 Å². The zero-order valence-electron chi connectivity index (χ0n) is 11.5. The van der Waals surface area contributed by atoms with Crippen molar-refractivity contribution in [2.45, 2.75) is 37.6 Å². The maximum absolute atomic E-state index is 5.78. The largest absolute Gasteiger partial charge is 0.375 e. The van der Waals surface area contributed by atoms with Crippen molar-refractivity contribution < 1.29 is 0 Å². The molecule has 1 saturated heterocycles. The van der Waals surface area contributed by atoms with Crippen LogP contribution in [-0.2, 0) is 0 Å². The van der Waals surface area contributed by atoms with Crippen LogP contribution in [0.25, 0.3) is 0 Å². The molecule has 2 aliphatic rings. The lowest BCUT2D eigenvalue weighted by Crippen LogP contribution is -2.22. The van der Waals surface area contributed by atoms with Crippen LogP contribution in [-0.4, -0.2) is 11.5 Å². The Morgan fingerprint density at radius 2 is 1.95 bits per heavy atom. The van der Waals surface area contributed by atoms with Gasteiger partial charge < -0.3 is 10.6 Å². The van der Waals surface area contributed by atoms with Gasteiger partial charge in [0.1, 0.15) is 0 Å². The predicted octanol–water partition coefficient (Wildman–Crippen LogP) is 3.94. The number of nitrogens with two attached hydrogens (primary N) is 1. The zero-order valence-corrected chi connectivity index (χ0v) is 12.3. The molecule has 1 aliphatic heterocycles. The first-order valence-electron chi connectivity index (χ1n) is 7.39. The number of hydrogen-bond donors (Lipinski definition) is 1. The molecule has 4 rings (SSSR count). The number of hydrogen-bond acceptors (Lipinski definition) is 4. The summed E-state index contributed by atoms with van der Waals surface area (Å²) in [5, 5.41) is 2.78. The summed E-state index contributed by atoms with van der Waals surface area (Å²) >= 11 is 1.54. The van der Waals surface area contributed by atoms with Crippen LogP contribution in [0.5, 0.6) is 0 Å². The van der Waals surface area contributed by atoms with Crippen molar-refractivity contribution in [3.63, 3.8) is 0 Å². The highest BCUT2D eigenvalue weighted by Gasteiger charge is 2.29. The molecule has 2 heterocycles. The third-order valence-corrected chi connectivity index (χ3v) is 5.10. The zero-order chi connectivity index (χ0) is 13.5. The maximum atomic E-state index is 5.78. The maximum Gasteiger partial charge on any atom is 0.180 e. The van der Waals surface area contributed by atoms with E-state index < -0.39 is 0 Å². The molecule has 2 N–H and O–H groups in total. The molecule has 1 aliphatic carbocycles. The Morgan fingerprint density at radius 1 is 1.15 bits per heavy atom. The van der Waals surface area contributed by atoms with Crippen molar-refractivity contribution >= 4 is 22.2 Å². The van der Waals surface area contributed by atoms with Crippen LogP contribution in [0.1, 0.15) is 48.9 Å². The summed E-state index contributed by atoms with van der Waals surface area (Å²) in [5.41, 5.74) is 9.74. The van der Waals surface area contributed by atoms with E-state index in [1.807, 2.05) is 0 Å². The Bertz CT molecular complexity index is 600. The van der Waals surface area contributed by atoms with Crippen molar-refractivity contribution in [2.75, 3.05) is 17.2 Å². The third kappa shape index (κ3) is 2.18. The van der Waals surface area contributed by atoms with E-state index >= 15 is 0 Å². The van der Waals surface area contributed by atoms with E-state index in [2.05, 4.69) is 39.5 Å². The van der Waals surface area contributed by atoms with E-state index in [0.717, 1.165) is 18.2 Å². The van der Waals surface area contributed by atoms with E-state index in [4.69, 9.17) is 5.73 Å². The predicted molar refractivity (Wildman–Crippen MR) is 84.3 cm³/mol. The van der Waals surface area contributed by atoms with Crippen LogP contribution in [0, 0.1) is 0 Å². The Labute approximate surface area is 123 Å². The van der Waals surface area contributed by atoms with Crippen molar-refractivity contribution in [1.82, 2.24) is 4.98 Å². The standard InChI is InChI=1S/C16H19N3S/c17-16-18-14(10-20-16)15-2-1-9-19(15)13-7-5-12(6-8-13)11-3-4-11/h5-8,10-11,15H,1-4,9H2,(H2,17,18). The van der Waals surface area contributed by atoms with Gasteiger partial charge in [0.05, 0.1) is 11.7 Å². The molecular weight excluding hydrogens is 266 g/mol. The van der Waals surface area contributed by atoms with E-state index in [9.17, 15) is 0 Å². The molecule has 2 aromatic rings. The highest BCUT2D eigenvalue weighted by molar-refractivity contribution is 7.13. The molecule has 1 aromatic heterocycles. The van der Waals surface area contributed by atoms with Crippen LogP contribution in [0.2, 0.25) is 0 Å². The summed E-state index contributed by atoms with van der Waals surface area (Å²) in [6.45, 7) is 1.12. The van der Waals surface area contributed by atoms with Crippen molar-refractivity contribution in [3.8, 4) is 0 Å². The number of nitrogen functional groups attached to an aromatic ring is 1. The van der Waals surface area contributed by atoms with Crippen LogP contribution in [0.3, 0.4) is 0 Å². The summed E-state index contributed by atoms with van der Waals surface area (Å²) in [6, 6.07) is 9.56. The lowest BCUT2D eigenvalue weighted by molar-refractivity contribution is 0.700. The van der Waals surface area contributed by atoms with Crippen LogP contribution >= 0.6 is 11.3 Å². The van der Waals surface area contributed by atoms with Crippen molar-refractivity contribution in [1.29, 1.82) is 0 Å². The minimum Gasteiger partial charge on any atom is -0.375 e. The molecule has 1 aromatic carbocycles. The molecule has 20 heavy (non-hydrogen) atoms. The highest BCUT2D eigenvalue weighted by Crippen LogP contribution is 2.42. The van der Waals surface area contributed by atoms with Gasteiger partial charge >= 0.3 is 0 Å². The smallest absolute Gasteiger partial charge is 0.180 e. The fourth-order valence-corrected chi connectivity index (χ4v) is 3.80.